The van der Waals surface area contributed by atoms with Crippen LogP contribution >= 0.6 is 11.8 Å². The van der Waals surface area contributed by atoms with E-state index in [0.29, 0.717) is 18.3 Å². The lowest BCUT2D eigenvalue weighted by molar-refractivity contribution is -0.146. The van der Waals surface area contributed by atoms with E-state index in [2.05, 4.69) is 20.8 Å². The largest absolute Gasteiger partial charge is 0.468 e. The average molecular weight is 285 g/mol. The molecule has 1 atom stereocenters. The number of aromatic nitrogens is 4. The number of nitrogens with zero attached hydrogens (tertiary/aromatic N) is 4. The Morgan fingerprint density at radius 1 is 1.63 bits per heavy atom. The van der Waals surface area contributed by atoms with Gasteiger partial charge < -0.3 is 10.1 Å². The van der Waals surface area contributed by atoms with Crippen LogP contribution in [-0.4, -0.2) is 51.1 Å². The van der Waals surface area contributed by atoms with Crippen LogP contribution in [0.5, 0.6) is 0 Å². The Hall–Kier alpha value is -1.15. The van der Waals surface area contributed by atoms with Crippen molar-refractivity contribution in [2.45, 2.75) is 43.4 Å². The van der Waals surface area contributed by atoms with E-state index < -0.39 is 5.54 Å². The Balaban J connectivity index is 2.01. The third-order valence-corrected chi connectivity index (χ3v) is 4.30. The summed E-state index contributed by atoms with van der Waals surface area (Å²) < 4.78 is 6.70. The van der Waals surface area contributed by atoms with Gasteiger partial charge in [0.15, 0.2) is 0 Å². The summed E-state index contributed by atoms with van der Waals surface area (Å²) in [4.78, 5) is 11.9. The molecule has 1 aromatic heterocycles. The monoisotopic (exact) mass is 285 g/mol. The highest BCUT2D eigenvalue weighted by Gasteiger charge is 2.35. The van der Waals surface area contributed by atoms with Crippen molar-refractivity contribution in [1.82, 2.24) is 25.5 Å². The van der Waals surface area contributed by atoms with Gasteiger partial charge >= 0.3 is 5.97 Å². The smallest absolute Gasteiger partial charge is 0.326 e. The number of likely N-dealkylation sites (N-methyl/N-ethyl adjacent to an activating group) is 1. The van der Waals surface area contributed by atoms with Crippen molar-refractivity contribution in [2.24, 2.45) is 0 Å². The van der Waals surface area contributed by atoms with Crippen molar-refractivity contribution in [2.75, 3.05) is 19.4 Å². The van der Waals surface area contributed by atoms with Crippen LogP contribution in [0.25, 0.3) is 0 Å². The maximum atomic E-state index is 11.9. The Morgan fingerprint density at radius 2 is 2.37 bits per heavy atom. The van der Waals surface area contributed by atoms with Crippen molar-refractivity contribution in [3.63, 3.8) is 0 Å². The molecule has 1 heterocycles. The predicted molar refractivity (Wildman–Crippen MR) is 70.9 cm³/mol. The lowest BCUT2D eigenvalue weighted by Crippen LogP contribution is -2.52. The SMILES string of the molecule is CCNC(C)(CSc1nnnn1C1CC1)C(=O)OC. The van der Waals surface area contributed by atoms with Crippen LogP contribution in [-0.2, 0) is 9.53 Å². The van der Waals surface area contributed by atoms with Crippen LogP contribution in [0.15, 0.2) is 5.16 Å². The molecule has 0 bridgehead atoms. The van der Waals surface area contributed by atoms with E-state index >= 15 is 0 Å². The van der Waals surface area contributed by atoms with Gasteiger partial charge in [-0.15, -0.1) is 5.10 Å². The fourth-order valence-electron chi connectivity index (χ4n) is 1.84. The van der Waals surface area contributed by atoms with Crippen molar-refractivity contribution < 1.29 is 9.53 Å². The molecule has 1 unspecified atom stereocenters. The van der Waals surface area contributed by atoms with Gasteiger partial charge in [0.1, 0.15) is 5.54 Å². The van der Waals surface area contributed by atoms with E-state index in [1.54, 1.807) is 0 Å². The summed E-state index contributed by atoms with van der Waals surface area (Å²) in [7, 11) is 1.40. The van der Waals surface area contributed by atoms with Crippen molar-refractivity contribution in [3.05, 3.63) is 0 Å². The lowest BCUT2D eigenvalue weighted by atomic mass is 10.1. The second-order valence-electron chi connectivity index (χ2n) is 4.78. The highest BCUT2D eigenvalue weighted by Crippen LogP contribution is 2.36. The molecule has 1 fully saturated rings. The minimum atomic E-state index is -0.728. The number of methoxy groups -OCH3 is 1. The molecule has 0 aliphatic heterocycles. The van der Waals surface area contributed by atoms with Crippen molar-refractivity contribution in [3.8, 4) is 0 Å². The first-order chi connectivity index (χ1) is 9.10. The van der Waals surface area contributed by atoms with Crippen LogP contribution < -0.4 is 5.32 Å². The topological polar surface area (TPSA) is 81.9 Å². The Bertz CT molecular complexity index is 448. The van der Waals surface area contributed by atoms with E-state index in [1.165, 1.54) is 18.9 Å². The third kappa shape index (κ3) is 3.24. The molecule has 8 heteroatoms. The second kappa shape index (κ2) is 5.87. The zero-order valence-electron chi connectivity index (χ0n) is 11.4. The van der Waals surface area contributed by atoms with Gasteiger partial charge in [-0.1, -0.05) is 18.7 Å². The number of tetrazole rings is 1. The molecule has 0 radical (unpaired) electrons. The molecule has 2 rings (SSSR count). The number of esters is 1. The van der Waals surface area contributed by atoms with E-state index in [4.69, 9.17) is 4.74 Å². The summed E-state index contributed by atoms with van der Waals surface area (Å²) in [6.07, 6.45) is 2.25. The molecule has 19 heavy (non-hydrogen) atoms. The number of ether oxygens (including phenoxy) is 1. The Kier molecular flexibility index (Phi) is 4.41. The van der Waals surface area contributed by atoms with Gasteiger partial charge in [0, 0.05) is 5.75 Å². The number of rotatable bonds is 7. The fourth-order valence-corrected chi connectivity index (χ4v) is 2.88. The van der Waals surface area contributed by atoms with E-state index in [1.807, 2.05) is 18.5 Å². The third-order valence-electron chi connectivity index (χ3n) is 3.05. The van der Waals surface area contributed by atoms with Crippen LogP contribution in [0.4, 0.5) is 0 Å². The second-order valence-corrected chi connectivity index (χ2v) is 5.72. The number of hydrogen-bond donors (Lipinski definition) is 1. The normalized spacial score (nSPS) is 18.1. The summed E-state index contributed by atoms with van der Waals surface area (Å²) in [6.45, 7) is 4.49. The molecule has 0 saturated heterocycles. The molecule has 7 nitrogen and oxygen atoms in total. The van der Waals surface area contributed by atoms with Gasteiger partial charge in [0.05, 0.1) is 13.2 Å². The van der Waals surface area contributed by atoms with Gasteiger partial charge in [0.2, 0.25) is 5.16 Å². The summed E-state index contributed by atoms with van der Waals surface area (Å²) in [5, 5.41) is 15.6. The fraction of sp³-hybridized carbons (Fsp3) is 0.818. The first-order valence-electron chi connectivity index (χ1n) is 6.35. The zero-order chi connectivity index (χ0) is 13.9. The molecular weight excluding hydrogens is 266 g/mol. The van der Waals surface area contributed by atoms with E-state index in [-0.39, 0.29) is 5.97 Å². The first kappa shape index (κ1) is 14.3. The number of carbonyl (C=O) groups excluding carboxylic acids is 1. The quantitative estimate of drug-likeness (QED) is 0.581. The molecule has 0 spiro atoms. The van der Waals surface area contributed by atoms with Crippen molar-refractivity contribution >= 4 is 17.7 Å². The first-order valence-corrected chi connectivity index (χ1v) is 7.33. The van der Waals surface area contributed by atoms with Crippen molar-refractivity contribution in [1.29, 1.82) is 0 Å². The zero-order valence-corrected chi connectivity index (χ0v) is 12.2. The minimum absolute atomic E-state index is 0.271. The molecular formula is C11H19N5O2S. The van der Waals surface area contributed by atoms with Crippen LogP contribution in [0, 0.1) is 0 Å². The number of nitrogens with one attached hydrogen (secondary N) is 1. The summed E-state index contributed by atoms with van der Waals surface area (Å²) in [5.41, 5.74) is -0.728. The predicted octanol–water partition coefficient (Wildman–Crippen LogP) is 0.641. The van der Waals surface area contributed by atoms with E-state index in [9.17, 15) is 4.79 Å². The maximum Gasteiger partial charge on any atom is 0.326 e. The summed E-state index contributed by atoms with van der Waals surface area (Å²) in [5.74, 6) is 0.257. The Labute approximate surface area is 116 Å². The molecule has 1 aliphatic carbocycles. The molecule has 1 aliphatic rings. The van der Waals surface area contributed by atoms with Crippen LogP contribution in [0.1, 0.15) is 32.7 Å². The summed E-state index contributed by atoms with van der Waals surface area (Å²) in [6, 6.07) is 0.431. The molecule has 0 amide bonds. The molecule has 1 N–H and O–H groups in total. The highest BCUT2D eigenvalue weighted by molar-refractivity contribution is 7.99. The van der Waals surface area contributed by atoms with Gasteiger partial charge in [-0.25, -0.2) is 4.68 Å². The molecule has 1 aromatic rings. The van der Waals surface area contributed by atoms with Gasteiger partial charge in [-0.05, 0) is 36.7 Å². The van der Waals surface area contributed by atoms with Crippen LogP contribution in [0.2, 0.25) is 0 Å². The maximum absolute atomic E-state index is 11.9. The summed E-state index contributed by atoms with van der Waals surface area (Å²) >= 11 is 1.48. The number of thioether (sulfide) groups is 1. The van der Waals surface area contributed by atoms with E-state index in [0.717, 1.165) is 18.0 Å². The lowest BCUT2D eigenvalue weighted by Gasteiger charge is -2.26. The standard InChI is InChI=1S/C11H19N5O2S/c1-4-12-11(2,9(17)18-3)7-19-10-13-14-15-16(10)8-5-6-8/h8,12H,4-7H2,1-3H3. The van der Waals surface area contributed by atoms with Crippen LogP contribution in [0.3, 0.4) is 0 Å². The Morgan fingerprint density at radius 3 is 2.95 bits per heavy atom. The average Bonchev–Trinajstić information content (AvgIpc) is 3.14. The molecule has 0 aromatic carbocycles. The van der Waals surface area contributed by atoms with Gasteiger partial charge in [0.25, 0.3) is 0 Å². The van der Waals surface area contributed by atoms with Gasteiger partial charge in [-0.3, -0.25) is 4.79 Å². The molecule has 1 saturated carbocycles. The number of hydrogen-bond acceptors (Lipinski definition) is 7. The van der Waals surface area contributed by atoms with Gasteiger partial charge in [-0.2, -0.15) is 0 Å². The minimum Gasteiger partial charge on any atom is -0.468 e. The number of carbonyl (C=O) groups is 1. The highest BCUT2D eigenvalue weighted by atomic mass is 32.2. The molecule has 106 valence electrons.